The number of rotatable bonds is 14. The number of aliphatic hydroxyl groups excluding tert-OH is 2. The summed E-state index contributed by atoms with van der Waals surface area (Å²) in [5, 5.41) is 43.8. The number of halogens is 1. The molecule has 2 heterocycles. The van der Waals surface area contributed by atoms with Crippen LogP contribution in [0.4, 0.5) is 4.79 Å². The van der Waals surface area contributed by atoms with Crippen LogP contribution >= 0.6 is 11.6 Å². The molecule has 17 heteroatoms. The molecule has 0 spiro atoms. The minimum atomic E-state index is -1.98. The van der Waals surface area contributed by atoms with Gasteiger partial charge >= 0.3 is 12.1 Å². The van der Waals surface area contributed by atoms with E-state index >= 15 is 0 Å². The Labute approximate surface area is 390 Å². The van der Waals surface area contributed by atoms with Gasteiger partial charge in [0.25, 0.3) is 0 Å². The van der Waals surface area contributed by atoms with Crippen LogP contribution in [0.15, 0.2) is 47.6 Å². The minimum absolute atomic E-state index is 0.0179. The summed E-state index contributed by atoms with van der Waals surface area (Å²) < 4.78 is 42.8. The van der Waals surface area contributed by atoms with Gasteiger partial charge in [0, 0.05) is 48.0 Å². The van der Waals surface area contributed by atoms with Gasteiger partial charge in [-0.25, -0.2) is 4.79 Å². The number of aliphatic hydroxyl groups is 3. The minimum Gasteiger partial charge on any atom is -0.493 e. The van der Waals surface area contributed by atoms with Crippen molar-refractivity contribution in [2.24, 2.45) is 28.8 Å². The van der Waals surface area contributed by atoms with Crippen molar-refractivity contribution in [2.75, 3.05) is 42.0 Å². The third-order valence-electron chi connectivity index (χ3n) is 13.2. The molecule has 14 atom stereocenters. The second kappa shape index (κ2) is 23.8. The highest BCUT2D eigenvalue weighted by Gasteiger charge is 2.52. The zero-order chi connectivity index (χ0) is 48.4. The van der Waals surface area contributed by atoms with Crippen molar-refractivity contribution in [1.82, 2.24) is 10.2 Å². The maximum atomic E-state index is 14.4. The maximum absolute atomic E-state index is 14.4. The standard InChI is InChI=1S/C48H74ClN3O13/c1-14-38-48(8,57)42(54)29(4)39(51-61-26-33-17-15-16-18-34(33)49)27(2)25-47(7,60-13)43(65-45-40(53)35(52(9)10)23-28(3)62-45)30(5)41(31(6)44(55)63-38)64-46(56)50-22-21-32-19-20-36(58-11)37(24-32)59-12/h15-20,24,27-31,35,38,40-43,45,53-54,57H,14,21-23,25-26H2,1-13H3,(H,50,56)/b51-39-/t27-,28-,29+,30+,31-,35+,38-,40-,41+,42-,43-,45+,47-,48-/m1/s1. The predicted octanol–water partition coefficient (Wildman–Crippen LogP) is 6.17. The molecule has 2 aliphatic heterocycles. The Morgan fingerprint density at radius 2 is 1.68 bits per heavy atom. The molecule has 0 unspecified atom stereocenters. The first-order chi connectivity index (χ1) is 30.6. The van der Waals surface area contributed by atoms with E-state index in [4.69, 9.17) is 49.6 Å². The topological polar surface area (TPSA) is 196 Å². The maximum Gasteiger partial charge on any atom is 0.407 e. The van der Waals surface area contributed by atoms with Crippen molar-refractivity contribution in [2.45, 2.75) is 148 Å². The molecule has 366 valence electrons. The number of ether oxygens (including phenoxy) is 7. The molecule has 2 aromatic carbocycles. The smallest absolute Gasteiger partial charge is 0.407 e. The van der Waals surface area contributed by atoms with Crippen LogP contribution in [-0.4, -0.2) is 140 Å². The fourth-order valence-corrected chi connectivity index (χ4v) is 9.46. The highest BCUT2D eigenvalue weighted by molar-refractivity contribution is 6.31. The lowest BCUT2D eigenvalue weighted by Gasteiger charge is -2.48. The van der Waals surface area contributed by atoms with Crippen molar-refractivity contribution in [3.63, 3.8) is 0 Å². The van der Waals surface area contributed by atoms with Gasteiger partial charge in [-0.3, -0.25) is 4.79 Å². The average Bonchev–Trinajstić information content (AvgIpc) is 3.27. The van der Waals surface area contributed by atoms with Crippen LogP contribution < -0.4 is 14.8 Å². The largest absolute Gasteiger partial charge is 0.493 e. The molecular formula is C48H74ClN3O13. The molecule has 2 aliphatic rings. The Hall–Kier alpha value is -3.74. The van der Waals surface area contributed by atoms with Crippen LogP contribution in [-0.2, 0) is 46.3 Å². The normalized spacial score (nSPS) is 34.6. The third kappa shape index (κ3) is 13.2. The molecular weight excluding hydrogens is 862 g/mol. The van der Waals surface area contributed by atoms with Gasteiger partial charge in [-0.15, -0.1) is 0 Å². The number of methoxy groups -OCH3 is 3. The molecule has 16 nitrogen and oxygen atoms in total. The number of hydrogen-bond donors (Lipinski definition) is 4. The van der Waals surface area contributed by atoms with Gasteiger partial charge in [-0.1, -0.05) is 68.7 Å². The van der Waals surface area contributed by atoms with E-state index in [0.29, 0.717) is 40.6 Å². The van der Waals surface area contributed by atoms with Crippen LogP contribution in [0.25, 0.3) is 0 Å². The monoisotopic (exact) mass is 935 g/mol. The summed E-state index contributed by atoms with van der Waals surface area (Å²) in [5.74, 6) is -3.04. The van der Waals surface area contributed by atoms with E-state index in [1.807, 2.05) is 70.1 Å². The zero-order valence-corrected chi connectivity index (χ0v) is 41.2. The molecule has 0 radical (unpaired) electrons. The molecule has 65 heavy (non-hydrogen) atoms. The highest BCUT2D eigenvalue weighted by Crippen LogP contribution is 2.40. The molecule has 0 bridgehead atoms. The summed E-state index contributed by atoms with van der Waals surface area (Å²) in [6.45, 7) is 14.1. The number of likely N-dealkylation sites (N-methyl/N-ethyl adjacent to an activating group) is 1. The number of alkyl carbamates (subject to hydrolysis) is 1. The number of amides is 1. The first-order valence-electron chi connectivity index (χ1n) is 22.5. The first kappa shape index (κ1) is 53.9. The second-order valence-electron chi connectivity index (χ2n) is 18.3. The van der Waals surface area contributed by atoms with Crippen LogP contribution in [0.2, 0.25) is 5.02 Å². The molecule has 0 saturated carbocycles. The van der Waals surface area contributed by atoms with E-state index in [0.717, 1.165) is 5.56 Å². The van der Waals surface area contributed by atoms with Gasteiger partial charge in [-0.05, 0) is 91.2 Å². The number of oxime groups is 1. The molecule has 2 saturated heterocycles. The zero-order valence-electron chi connectivity index (χ0n) is 40.4. The average molecular weight is 937 g/mol. The number of carbonyl (C=O) groups is 2. The van der Waals surface area contributed by atoms with Crippen molar-refractivity contribution >= 4 is 29.4 Å². The number of esters is 1. The Morgan fingerprint density at radius 1 is 1.00 bits per heavy atom. The molecule has 0 aromatic heterocycles. The lowest BCUT2D eigenvalue weighted by molar-refractivity contribution is -0.301. The van der Waals surface area contributed by atoms with E-state index in [-0.39, 0.29) is 38.1 Å². The molecule has 2 fully saturated rings. The van der Waals surface area contributed by atoms with Gasteiger partial charge in [0.15, 0.2) is 17.8 Å². The van der Waals surface area contributed by atoms with E-state index < -0.39 is 83.7 Å². The van der Waals surface area contributed by atoms with Crippen LogP contribution in [0.1, 0.15) is 85.8 Å². The SMILES string of the molecule is CC[C@H]1OC(=O)[C@H](C)[C@@H](OC(=O)NCCc2ccc(OC)c(OC)c2)[C@H](C)[C@@H](O[C@@H]2O[C@H](C)C[C@H](N(C)C)[C@H]2O)[C@](C)(OC)C[C@@H](C)/C(=N/OCc2ccccc2Cl)[C@H](C)[C@@H](O)[C@]1(C)O. The number of hydrogen-bond acceptors (Lipinski definition) is 15. The van der Waals surface area contributed by atoms with Gasteiger partial charge in [0.1, 0.15) is 30.5 Å². The first-order valence-corrected chi connectivity index (χ1v) is 22.9. The van der Waals surface area contributed by atoms with Gasteiger partial charge < -0.3 is 63.5 Å². The molecule has 4 N–H and O–H groups in total. The summed E-state index contributed by atoms with van der Waals surface area (Å²) in [5.41, 5.74) is -1.34. The molecule has 1 amide bonds. The number of nitrogens with zero attached hydrogens (tertiary/aromatic N) is 2. The second-order valence-corrected chi connectivity index (χ2v) is 18.7. The quantitative estimate of drug-likeness (QED) is 0.124. The summed E-state index contributed by atoms with van der Waals surface area (Å²) >= 11 is 6.44. The van der Waals surface area contributed by atoms with Gasteiger partial charge in [0.05, 0.1) is 49.8 Å². The molecule has 4 rings (SSSR count). The van der Waals surface area contributed by atoms with Crippen LogP contribution in [0.5, 0.6) is 11.5 Å². The lowest BCUT2D eigenvalue weighted by Crippen LogP contribution is -2.60. The van der Waals surface area contributed by atoms with Crippen molar-refractivity contribution < 1.29 is 62.9 Å². The Balaban J connectivity index is 1.82. The fourth-order valence-electron chi connectivity index (χ4n) is 9.27. The number of carbonyl (C=O) groups excluding carboxylic acids is 2. The van der Waals surface area contributed by atoms with Crippen molar-refractivity contribution in [3.8, 4) is 11.5 Å². The van der Waals surface area contributed by atoms with E-state index in [2.05, 4.69) is 10.5 Å². The van der Waals surface area contributed by atoms with Crippen molar-refractivity contribution in [1.29, 1.82) is 0 Å². The van der Waals surface area contributed by atoms with E-state index in [1.54, 1.807) is 54.0 Å². The van der Waals surface area contributed by atoms with E-state index in [9.17, 15) is 24.9 Å². The molecule has 2 aromatic rings. The van der Waals surface area contributed by atoms with Gasteiger partial charge in [-0.2, -0.15) is 0 Å². The Morgan fingerprint density at radius 3 is 2.29 bits per heavy atom. The highest BCUT2D eigenvalue weighted by atomic mass is 35.5. The molecule has 0 aliphatic carbocycles. The van der Waals surface area contributed by atoms with Crippen LogP contribution in [0, 0.1) is 23.7 Å². The van der Waals surface area contributed by atoms with Gasteiger partial charge in [0.2, 0.25) is 0 Å². The summed E-state index contributed by atoms with van der Waals surface area (Å²) in [6, 6.07) is 12.3. The van der Waals surface area contributed by atoms with Crippen molar-refractivity contribution in [3.05, 3.63) is 58.6 Å². The van der Waals surface area contributed by atoms with E-state index in [1.165, 1.54) is 14.0 Å². The third-order valence-corrected chi connectivity index (χ3v) is 13.6. The number of cyclic esters (lactones) is 1. The summed E-state index contributed by atoms with van der Waals surface area (Å²) in [6.07, 6.45) is -7.09. The lowest BCUT2D eigenvalue weighted by atomic mass is 9.73. The predicted molar refractivity (Wildman–Crippen MR) is 246 cm³/mol. The summed E-state index contributed by atoms with van der Waals surface area (Å²) in [4.78, 5) is 36.1. The Kier molecular flexibility index (Phi) is 19.7. The number of benzene rings is 2. The van der Waals surface area contributed by atoms with Crippen LogP contribution in [0.3, 0.4) is 0 Å². The number of nitrogens with one attached hydrogen (secondary N) is 1. The summed E-state index contributed by atoms with van der Waals surface area (Å²) in [7, 11) is 8.37. The fraction of sp³-hybridized carbons (Fsp3) is 0.688. The Bertz CT molecular complexity index is 1880.